The summed E-state index contributed by atoms with van der Waals surface area (Å²) in [5.41, 5.74) is 4.03. The Kier molecular flexibility index (Phi) is 4.56. The standard InChI is InChI=1S/C20H24N2O2/c1-13-18(15(3)23)14(2)21-19(13)20(24)22-11-7-10-17(22)12-16-8-5-4-6-9-16/h4-6,8-9,17,21H,7,10-12H2,1-3H3/t17-/m0/s1. The Labute approximate surface area is 142 Å². The first-order chi connectivity index (χ1) is 11.5. The van der Waals surface area contributed by atoms with E-state index in [2.05, 4.69) is 17.1 Å². The van der Waals surface area contributed by atoms with Gasteiger partial charge in [-0.1, -0.05) is 30.3 Å². The van der Waals surface area contributed by atoms with E-state index in [-0.39, 0.29) is 17.7 Å². The van der Waals surface area contributed by atoms with Crippen LogP contribution in [-0.4, -0.2) is 34.2 Å². The largest absolute Gasteiger partial charge is 0.354 e. The molecule has 4 heteroatoms. The minimum absolute atomic E-state index is 0.00237. The van der Waals surface area contributed by atoms with Crippen LogP contribution in [0.5, 0.6) is 0 Å². The number of likely N-dealkylation sites (tertiary alicyclic amines) is 1. The number of nitrogens with one attached hydrogen (secondary N) is 1. The average Bonchev–Trinajstić information content (AvgIpc) is 3.12. The van der Waals surface area contributed by atoms with Crippen LogP contribution < -0.4 is 0 Å². The molecule has 4 nitrogen and oxygen atoms in total. The molecule has 0 bridgehead atoms. The first-order valence-electron chi connectivity index (χ1n) is 8.54. The number of carbonyl (C=O) groups excluding carboxylic acids is 2. The van der Waals surface area contributed by atoms with E-state index in [9.17, 15) is 9.59 Å². The molecule has 0 unspecified atom stereocenters. The van der Waals surface area contributed by atoms with Gasteiger partial charge in [0.25, 0.3) is 5.91 Å². The van der Waals surface area contributed by atoms with Crippen molar-refractivity contribution in [2.24, 2.45) is 0 Å². The summed E-state index contributed by atoms with van der Waals surface area (Å²) in [6.07, 6.45) is 2.94. The number of H-pyrrole nitrogens is 1. The molecule has 0 radical (unpaired) electrons. The molecule has 1 amide bonds. The molecule has 2 aromatic rings. The summed E-state index contributed by atoms with van der Waals surface area (Å²) in [5, 5.41) is 0. The van der Waals surface area contributed by atoms with Crippen LogP contribution in [0.4, 0.5) is 0 Å². The van der Waals surface area contributed by atoms with Gasteiger partial charge in [-0.3, -0.25) is 9.59 Å². The van der Waals surface area contributed by atoms with Crippen LogP contribution in [0.15, 0.2) is 30.3 Å². The van der Waals surface area contributed by atoms with Crippen molar-refractivity contribution < 1.29 is 9.59 Å². The fourth-order valence-corrected chi connectivity index (χ4v) is 3.84. The van der Waals surface area contributed by atoms with Crippen LogP contribution in [0.1, 0.15) is 57.4 Å². The van der Waals surface area contributed by atoms with Gasteiger partial charge in [-0.15, -0.1) is 0 Å². The minimum atomic E-state index is 0.00237. The highest BCUT2D eigenvalue weighted by Crippen LogP contribution is 2.26. The lowest BCUT2D eigenvalue weighted by Gasteiger charge is -2.25. The third-order valence-corrected chi connectivity index (χ3v) is 4.96. The summed E-state index contributed by atoms with van der Waals surface area (Å²) >= 11 is 0. The quantitative estimate of drug-likeness (QED) is 0.872. The molecule has 0 saturated carbocycles. The van der Waals surface area contributed by atoms with Crippen molar-refractivity contribution in [3.8, 4) is 0 Å². The molecule has 1 aromatic heterocycles. The number of hydrogen-bond acceptors (Lipinski definition) is 2. The Hall–Kier alpha value is -2.36. The monoisotopic (exact) mass is 324 g/mol. The summed E-state index contributed by atoms with van der Waals surface area (Å²) in [6.45, 7) is 6.04. The van der Waals surface area contributed by atoms with Gasteiger partial charge in [-0.25, -0.2) is 0 Å². The summed E-state index contributed by atoms with van der Waals surface area (Å²) in [5.74, 6) is 0.0177. The number of hydrogen-bond donors (Lipinski definition) is 1. The summed E-state index contributed by atoms with van der Waals surface area (Å²) in [7, 11) is 0. The van der Waals surface area contributed by atoms with Crippen molar-refractivity contribution in [3.05, 3.63) is 58.4 Å². The molecular weight excluding hydrogens is 300 g/mol. The number of aryl methyl sites for hydroxylation is 1. The molecule has 1 aromatic carbocycles. The topological polar surface area (TPSA) is 53.2 Å². The van der Waals surface area contributed by atoms with Gasteiger partial charge in [-0.05, 0) is 51.2 Å². The molecule has 2 heterocycles. The minimum Gasteiger partial charge on any atom is -0.354 e. The Balaban J connectivity index is 1.84. The number of benzene rings is 1. The number of Topliss-reactive ketones (excluding diaryl/α,β-unsaturated/α-hetero) is 1. The maximum atomic E-state index is 13.0. The number of aromatic nitrogens is 1. The van der Waals surface area contributed by atoms with E-state index in [1.54, 1.807) is 6.92 Å². The number of carbonyl (C=O) groups is 2. The lowest BCUT2D eigenvalue weighted by Crippen LogP contribution is -2.37. The normalized spacial score (nSPS) is 17.3. The van der Waals surface area contributed by atoms with E-state index in [0.29, 0.717) is 11.3 Å². The van der Waals surface area contributed by atoms with Crippen molar-refractivity contribution in [1.82, 2.24) is 9.88 Å². The van der Waals surface area contributed by atoms with Gasteiger partial charge in [0.2, 0.25) is 0 Å². The number of aromatic amines is 1. The fourth-order valence-electron chi connectivity index (χ4n) is 3.84. The van der Waals surface area contributed by atoms with Gasteiger partial charge in [0, 0.05) is 23.8 Å². The predicted octanol–water partition coefficient (Wildman–Crippen LogP) is 3.68. The van der Waals surface area contributed by atoms with E-state index in [1.165, 1.54) is 5.56 Å². The third-order valence-electron chi connectivity index (χ3n) is 4.96. The molecule has 126 valence electrons. The molecule has 1 saturated heterocycles. The van der Waals surface area contributed by atoms with Crippen molar-refractivity contribution in [2.75, 3.05) is 6.54 Å². The van der Waals surface area contributed by atoms with Crippen molar-refractivity contribution >= 4 is 11.7 Å². The van der Waals surface area contributed by atoms with E-state index in [4.69, 9.17) is 0 Å². The Morgan fingerprint density at radius 2 is 1.92 bits per heavy atom. The Morgan fingerprint density at radius 3 is 2.54 bits per heavy atom. The van der Waals surface area contributed by atoms with E-state index >= 15 is 0 Å². The highest BCUT2D eigenvalue weighted by molar-refractivity contribution is 6.02. The number of amides is 1. The highest BCUT2D eigenvalue weighted by Gasteiger charge is 2.32. The second-order valence-corrected chi connectivity index (χ2v) is 6.67. The third kappa shape index (κ3) is 3.01. The SMILES string of the molecule is CC(=O)c1c(C)[nH]c(C(=O)N2CCC[C@H]2Cc2ccccc2)c1C. The first kappa shape index (κ1) is 16.5. The molecule has 3 rings (SSSR count). The fraction of sp³-hybridized carbons (Fsp3) is 0.400. The lowest BCUT2D eigenvalue weighted by atomic mass is 10.0. The molecule has 0 aliphatic carbocycles. The number of ketones is 1. The average molecular weight is 324 g/mol. The maximum absolute atomic E-state index is 13.0. The summed E-state index contributed by atoms with van der Waals surface area (Å²) < 4.78 is 0. The smallest absolute Gasteiger partial charge is 0.270 e. The summed E-state index contributed by atoms with van der Waals surface area (Å²) in [4.78, 5) is 30.0. The van der Waals surface area contributed by atoms with Gasteiger partial charge in [0.05, 0.1) is 0 Å². The van der Waals surface area contributed by atoms with Gasteiger partial charge in [0.1, 0.15) is 5.69 Å². The zero-order valence-electron chi connectivity index (χ0n) is 14.6. The second kappa shape index (κ2) is 6.63. The molecule has 24 heavy (non-hydrogen) atoms. The van der Waals surface area contributed by atoms with Gasteiger partial charge >= 0.3 is 0 Å². The Morgan fingerprint density at radius 1 is 1.21 bits per heavy atom. The molecule has 1 atom stereocenters. The van der Waals surface area contributed by atoms with Crippen LogP contribution in [-0.2, 0) is 6.42 Å². The predicted molar refractivity (Wildman–Crippen MR) is 94.5 cm³/mol. The van der Waals surface area contributed by atoms with E-state index in [1.807, 2.05) is 36.9 Å². The van der Waals surface area contributed by atoms with Gasteiger partial charge in [0.15, 0.2) is 5.78 Å². The van der Waals surface area contributed by atoms with Crippen molar-refractivity contribution in [3.63, 3.8) is 0 Å². The lowest BCUT2D eigenvalue weighted by molar-refractivity contribution is 0.0730. The van der Waals surface area contributed by atoms with Crippen LogP contribution in [0, 0.1) is 13.8 Å². The Bertz CT molecular complexity index is 761. The number of nitrogens with zero attached hydrogens (tertiary/aromatic N) is 1. The zero-order valence-corrected chi connectivity index (χ0v) is 14.6. The van der Waals surface area contributed by atoms with Crippen molar-refractivity contribution in [1.29, 1.82) is 0 Å². The maximum Gasteiger partial charge on any atom is 0.270 e. The molecular formula is C20H24N2O2. The van der Waals surface area contributed by atoms with E-state index < -0.39 is 0 Å². The molecule has 1 N–H and O–H groups in total. The molecule has 0 spiro atoms. The van der Waals surface area contributed by atoms with Crippen molar-refractivity contribution in [2.45, 2.75) is 46.1 Å². The van der Waals surface area contributed by atoms with Crippen LogP contribution in [0.2, 0.25) is 0 Å². The second-order valence-electron chi connectivity index (χ2n) is 6.67. The molecule has 1 aliphatic heterocycles. The highest BCUT2D eigenvalue weighted by atomic mass is 16.2. The zero-order chi connectivity index (χ0) is 17.3. The van der Waals surface area contributed by atoms with Gasteiger partial charge in [-0.2, -0.15) is 0 Å². The molecule has 1 aliphatic rings. The summed E-state index contributed by atoms with van der Waals surface area (Å²) in [6, 6.07) is 10.5. The van der Waals surface area contributed by atoms with Crippen LogP contribution in [0.25, 0.3) is 0 Å². The molecule has 1 fully saturated rings. The first-order valence-corrected chi connectivity index (χ1v) is 8.54. The van der Waals surface area contributed by atoms with Gasteiger partial charge < -0.3 is 9.88 Å². The van der Waals surface area contributed by atoms with Crippen LogP contribution in [0.3, 0.4) is 0 Å². The number of rotatable bonds is 4. The van der Waals surface area contributed by atoms with E-state index in [0.717, 1.165) is 37.1 Å². The van der Waals surface area contributed by atoms with Crippen LogP contribution >= 0.6 is 0 Å².